The number of hydrogen-bond acceptors (Lipinski definition) is 9. The van der Waals surface area contributed by atoms with Crippen LogP contribution in [0.4, 0.5) is 0 Å². The number of esters is 2. The molecule has 4 saturated carbocycles. The van der Waals surface area contributed by atoms with Crippen LogP contribution in [0, 0.1) is 50.7 Å². The Morgan fingerprint density at radius 3 is 2.17 bits per heavy atom. The van der Waals surface area contributed by atoms with Crippen molar-refractivity contribution in [3.8, 4) is 23.0 Å². The third-order valence-electron chi connectivity index (χ3n) is 17.4. The van der Waals surface area contributed by atoms with Crippen molar-refractivity contribution in [2.75, 3.05) is 7.11 Å². The highest BCUT2D eigenvalue weighted by molar-refractivity contribution is 6.03. The van der Waals surface area contributed by atoms with Crippen LogP contribution in [0.15, 0.2) is 48.0 Å². The molecule has 1 aliphatic heterocycles. The zero-order valence-corrected chi connectivity index (χ0v) is 36.5. The second-order valence-corrected chi connectivity index (χ2v) is 21.2. The number of carbonyl (C=O) groups excluding carboxylic acids is 3. The minimum absolute atomic E-state index is 0.00610. The fourth-order valence-corrected chi connectivity index (χ4v) is 14.5. The van der Waals surface area contributed by atoms with E-state index < -0.39 is 18.0 Å². The van der Waals surface area contributed by atoms with E-state index in [-0.39, 0.29) is 76.0 Å². The van der Waals surface area contributed by atoms with Crippen LogP contribution in [0.3, 0.4) is 0 Å². The molecule has 320 valence electrons. The summed E-state index contributed by atoms with van der Waals surface area (Å²) in [5.41, 5.74) is 2.94. The Labute approximate surface area is 350 Å². The van der Waals surface area contributed by atoms with Crippen molar-refractivity contribution in [2.24, 2.45) is 50.7 Å². The monoisotopic (exact) mass is 810 g/mol. The van der Waals surface area contributed by atoms with Crippen molar-refractivity contribution in [1.82, 2.24) is 0 Å². The van der Waals surface area contributed by atoms with Crippen molar-refractivity contribution in [2.45, 2.75) is 150 Å². The Morgan fingerprint density at radius 1 is 0.763 bits per heavy atom. The SMILES string of the molecule is CO[C@H]1CC[C@@]2(C)[C@@H](CC[C@@]3(C)CC4=CC[C@H]5C(C)(C)[C@H](OC(=O)CCC(=O)Oc6ccc(O)c7c6O[C@H](c6ccc(O)cc6)CC7=O)CC[C@]5(C)[C@H]4CC[C@@H]32)C1(C)C. The van der Waals surface area contributed by atoms with E-state index in [2.05, 4.69) is 54.5 Å². The Kier molecular flexibility index (Phi) is 10.6. The van der Waals surface area contributed by atoms with E-state index >= 15 is 0 Å². The van der Waals surface area contributed by atoms with E-state index in [0.717, 1.165) is 25.7 Å². The van der Waals surface area contributed by atoms with Gasteiger partial charge in [0.15, 0.2) is 17.3 Å². The van der Waals surface area contributed by atoms with Gasteiger partial charge in [-0.05, 0) is 139 Å². The van der Waals surface area contributed by atoms with Crippen LogP contribution >= 0.6 is 0 Å². The minimum Gasteiger partial charge on any atom is -0.508 e. The lowest BCUT2D eigenvalue weighted by molar-refractivity contribution is -0.178. The minimum atomic E-state index is -0.697. The maximum Gasteiger partial charge on any atom is 0.311 e. The Morgan fingerprint density at radius 2 is 1.44 bits per heavy atom. The molecular formula is C50H66O9. The highest BCUT2D eigenvalue weighted by atomic mass is 16.6. The van der Waals surface area contributed by atoms with E-state index in [0.29, 0.717) is 46.2 Å². The van der Waals surface area contributed by atoms with Crippen LogP contribution in [0.2, 0.25) is 0 Å². The predicted molar refractivity (Wildman–Crippen MR) is 224 cm³/mol. The highest BCUT2D eigenvalue weighted by Crippen LogP contribution is 2.70. The number of ketones is 1. The molecule has 1 heterocycles. The number of phenolic OH excluding ortho intramolecular Hbond substituents is 2. The van der Waals surface area contributed by atoms with Gasteiger partial charge in [-0.1, -0.05) is 72.2 Å². The summed E-state index contributed by atoms with van der Waals surface area (Å²) in [6, 6.07) is 8.99. The Balaban J connectivity index is 0.910. The van der Waals surface area contributed by atoms with Gasteiger partial charge in [0, 0.05) is 12.5 Å². The molecule has 8 rings (SSSR count). The summed E-state index contributed by atoms with van der Waals surface area (Å²) in [6.45, 7) is 17.3. The van der Waals surface area contributed by atoms with E-state index in [1.54, 1.807) is 17.7 Å². The maximum absolute atomic E-state index is 13.5. The van der Waals surface area contributed by atoms with Gasteiger partial charge in [-0.3, -0.25) is 14.4 Å². The van der Waals surface area contributed by atoms with E-state index in [4.69, 9.17) is 18.9 Å². The zero-order valence-electron chi connectivity index (χ0n) is 36.5. The first-order valence-corrected chi connectivity index (χ1v) is 22.3. The first kappa shape index (κ1) is 41.9. The molecule has 0 aromatic heterocycles. The molecule has 0 radical (unpaired) electrons. The normalized spacial score (nSPS) is 36.8. The molecule has 5 aliphatic carbocycles. The van der Waals surface area contributed by atoms with E-state index in [9.17, 15) is 24.6 Å². The summed E-state index contributed by atoms with van der Waals surface area (Å²) >= 11 is 0. The van der Waals surface area contributed by atoms with Gasteiger partial charge in [0.25, 0.3) is 0 Å². The van der Waals surface area contributed by atoms with Gasteiger partial charge in [0.2, 0.25) is 0 Å². The number of fused-ring (bicyclic) bond motifs is 7. The molecule has 0 saturated heterocycles. The average Bonchev–Trinajstić information content (AvgIpc) is 3.33. The number of allylic oxidation sites excluding steroid dienone is 2. The number of carbonyl (C=O) groups is 3. The molecule has 6 aliphatic rings. The topological polar surface area (TPSA) is 129 Å². The van der Waals surface area contributed by atoms with Gasteiger partial charge >= 0.3 is 11.9 Å². The third kappa shape index (κ3) is 6.99. The molecule has 2 aromatic rings. The number of rotatable bonds is 7. The predicted octanol–water partition coefficient (Wildman–Crippen LogP) is 10.8. The first-order chi connectivity index (χ1) is 27.8. The van der Waals surface area contributed by atoms with Crippen molar-refractivity contribution in [3.05, 3.63) is 59.2 Å². The quantitative estimate of drug-likeness (QED) is 0.159. The second kappa shape index (κ2) is 15.0. The summed E-state index contributed by atoms with van der Waals surface area (Å²) < 4.78 is 24.1. The van der Waals surface area contributed by atoms with Crippen LogP contribution in [-0.2, 0) is 19.1 Å². The van der Waals surface area contributed by atoms with Crippen LogP contribution < -0.4 is 9.47 Å². The third-order valence-corrected chi connectivity index (χ3v) is 17.4. The van der Waals surface area contributed by atoms with E-state index in [1.165, 1.54) is 62.8 Å². The summed E-state index contributed by atoms with van der Waals surface area (Å²) in [7, 11) is 1.90. The molecule has 0 bridgehead atoms. The molecule has 2 N–H and O–H groups in total. The maximum atomic E-state index is 13.5. The molecule has 0 unspecified atom stereocenters. The summed E-state index contributed by atoms with van der Waals surface area (Å²) in [5.74, 6) is 0.571. The summed E-state index contributed by atoms with van der Waals surface area (Å²) in [6.07, 6.45) is 13.0. The summed E-state index contributed by atoms with van der Waals surface area (Å²) in [4.78, 5) is 39.7. The number of phenols is 2. The molecule has 0 amide bonds. The average molecular weight is 811 g/mol. The van der Waals surface area contributed by atoms with Gasteiger partial charge in [-0.25, -0.2) is 0 Å². The zero-order chi connectivity index (χ0) is 42.3. The molecule has 9 nitrogen and oxygen atoms in total. The molecular weight excluding hydrogens is 745 g/mol. The van der Waals surface area contributed by atoms with Gasteiger partial charge in [0.05, 0.1) is 25.4 Å². The first-order valence-electron chi connectivity index (χ1n) is 22.3. The van der Waals surface area contributed by atoms with Crippen LogP contribution in [-0.4, -0.2) is 47.3 Å². The van der Waals surface area contributed by atoms with Gasteiger partial charge in [0.1, 0.15) is 29.3 Å². The lowest BCUT2D eigenvalue weighted by Crippen LogP contribution is -2.58. The van der Waals surface area contributed by atoms with Gasteiger partial charge in [-0.2, -0.15) is 0 Å². The van der Waals surface area contributed by atoms with Crippen molar-refractivity contribution >= 4 is 17.7 Å². The molecule has 4 fully saturated rings. The van der Waals surface area contributed by atoms with Crippen molar-refractivity contribution in [3.63, 3.8) is 0 Å². The largest absolute Gasteiger partial charge is 0.508 e. The lowest BCUT2D eigenvalue weighted by atomic mass is 9.42. The lowest BCUT2D eigenvalue weighted by Gasteiger charge is -2.64. The van der Waals surface area contributed by atoms with Crippen molar-refractivity contribution in [1.29, 1.82) is 0 Å². The molecule has 0 spiro atoms. The number of ether oxygens (including phenoxy) is 4. The fourth-order valence-electron chi connectivity index (χ4n) is 14.5. The highest BCUT2D eigenvalue weighted by Gasteiger charge is 2.63. The molecule has 10 atom stereocenters. The smallest absolute Gasteiger partial charge is 0.311 e. The van der Waals surface area contributed by atoms with Gasteiger partial charge < -0.3 is 29.2 Å². The summed E-state index contributed by atoms with van der Waals surface area (Å²) in [5, 5.41) is 20.2. The van der Waals surface area contributed by atoms with Crippen molar-refractivity contribution < 1.29 is 43.5 Å². The van der Waals surface area contributed by atoms with Crippen LogP contribution in [0.1, 0.15) is 154 Å². The molecule has 59 heavy (non-hydrogen) atoms. The number of aromatic hydroxyl groups is 2. The molecule has 9 heteroatoms. The second-order valence-electron chi connectivity index (χ2n) is 21.2. The molecule has 2 aromatic carbocycles. The van der Waals surface area contributed by atoms with Gasteiger partial charge in [-0.15, -0.1) is 0 Å². The number of Topliss-reactive ketones (excluding diaryl/α,β-unsaturated/α-hetero) is 1. The van der Waals surface area contributed by atoms with Crippen LogP contribution in [0.25, 0.3) is 0 Å². The fraction of sp³-hybridized carbons (Fsp3) is 0.660. The number of methoxy groups -OCH3 is 1. The Bertz CT molecular complexity index is 2010. The number of hydrogen-bond donors (Lipinski definition) is 2. The Hall–Kier alpha value is -3.85. The standard InChI is InChI=1S/C50H66O9/c1-46(2)38-21-24-48(5)28-30-11-17-37-47(3,4)41(23-25-49(37,6)32(30)14-18-39(48)50(38,7)26-22-40(46)56-8)59-43(55)20-19-42(54)57-35-16-15-33(52)44-34(53)27-36(58-45(35)44)29-9-12-31(51)13-10-29/h9-13,15-16,32,36-41,51-52H,14,17-28H2,1-8H3/t32-,36-,37-,38-,39-,40-,41+,48-,49+,50-/m0/s1. The van der Waals surface area contributed by atoms with E-state index in [1.807, 2.05) is 7.11 Å². The number of benzene rings is 2. The van der Waals surface area contributed by atoms with Crippen LogP contribution in [0.5, 0.6) is 23.0 Å².